The van der Waals surface area contributed by atoms with Crippen LogP contribution in [0.1, 0.15) is 18.1 Å². The quantitative estimate of drug-likeness (QED) is 0.917. The monoisotopic (exact) mass is 263 g/mol. The van der Waals surface area contributed by atoms with E-state index in [2.05, 4.69) is 4.98 Å². The number of halogens is 1. The SMILES string of the molecule is CCc1cc(Oc2cnccc2CO)ccc1Cl. The smallest absolute Gasteiger partial charge is 0.151 e. The standard InChI is InChI=1S/C14H14ClNO2/c1-2-10-7-12(3-4-13(10)15)18-14-8-16-6-5-11(14)9-17/h3-8,17H,2,9H2,1H3. The zero-order valence-electron chi connectivity index (χ0n) is 10.1. The summed E-state index contributed by atoms with van der Waals surface area (Å²) < 4.78 is 5.72. The average molecular weight is 264 g/mol. The molecule has 0 saturated carbocycles. The highest BCUT2D eigenvalue weighted by Crippen LogP contribution is 2.28. The van der Waals surface area contributed by atoms with Gasteiger partial charge in [0.15, 0.2) is 5.75 Å². The maximum atomic E-state index is 9.21. The Balaban J connectivity index is 2.28. The van der Waals surface area contributed by atoms with Gasteiger partial charge in [-0.15, -0.1) is 0 Å². The van der Waals surface area contributed by atoms with Crippen molar-refractivity contribution in [2.24, 2.45) is 0 Å². The van der Waals surface area contributed by atoms with E-state index in [0.29, 0.717) is 17.1 Å². The molecule has 0 fully saturated rings. The Kier molecular flexibility index (Phi) is 4.18. The lowest BCUT2D eigenvalue weighted by atomic mass is 10.1. The fourth-order valence-electron chi connectivity index (χ4n) is 1.64. The van der Waals surface area contributed by atoms with Gasteiger partial charge >= 0.3 is 0 Å². The predicted molar refractivity (Wildman–Crippen MR) is 71.1 cm³/mol. The van der Waals surface area contributed by atoms with E-state index < -0.39 is 0 Å². The Morgan fingerprint density at radius 3 is 2.83 bits per heavy atom. The molecule has 0 spiro atoms. The molecule has 94 valence electrons. The second-order valence-corrected chi connectivity index (χ2v) is 4.26. The largest absolute Gasteiger partial charge is 0.455 e. The number of hydrogen-bond acceptors (Lipinski definition) is 3. The molecule has 1 aromatic heterocycles. The van der Waals surface area contributed by atoms with Gasteiger partial charge in [-0.1, -0.05) is 18.5 Å². The summed E-state index contributed by atoms with van der Waals surface area (Å²) in [4.78, 5) is 3.99. The number of benzene rings is 1. The third-order valence-electron chi connectivity index (χ3n) is 2.67. The number of aromatic nitrogens is 1. The van der Waals surface area contributed by atoms with Gasteiger partial charge in [0.2, 0.25) is 0 Å². The van der Waals surface area contributed by atoms with Crippen molar-refractivity contribution in [2.75, 3.05) is 0 Å². The summed E-state index contributed by atoms with van der Waals surface area (Å²) in [5.41, 5.74) is 1.74. The zero-order valence-corrected chi connectivity index (χ0v) is 10.8. The van der Waals surface area contributed by atoms with Gasteiger partial charge in [-0.05, 0) is 36.2 Å². The van der Waals surface area contributed by atoms with Crippen LogP contribution in [0.2, 0.25) is 5.02 Å². The summed E-state index contributed by atoms with van der Waals surface area (Å²) in [6, 6.07) is 7.24. The molecule has 0 atom stereocenters. The number of ether oxygens (including phenoxy) is 1. The maximum Gasteiger partial charge on any atom is 0.151 e. The van der Waals surface area contributed by atoms with Gasteiger partial charge in [-0.2, -0.15) is 0 Å². The molecule has 0 unspecified atom stereocenters. The van der Waals surface area contributed by atoms with Crippen molar-refractivity contribution in [3.63, 3.8) is 0 Å². The number of pyridine rings is 1. The molecule has 0 aliphatic rings. The molecule has 0 aliphatic carbocycles. The van der Waals surface area contributed by atoms with E-state index in [-0.39, 0.29) is 6.61 Å². The van der Waals surface area contributed by atoms with Crippen molar-refractivity contribution in [2.45, 2.75) is 20.0 Å². The number of aliphatic hydroxyl groups is 1. The molecule has 1 heterocycles. The highest BCUT2D eigenvalue weighted by molar-refractivity contribution is 6.31. The van der Waals surface area contributed by atoms with Gasteiger partial charge < -0.3 is 9.84 Å². The van der Waals surface area contributed by atoms with Crippen LogP contribution in [0.4, 0.5) is 0 Å². The zero-order chi connectivity index (χ0) is 13.0. The van der Waals surface area contributed by atoms with Crippen molar-refractivity contribution in [3.8, 4) is 11.5 Å². The van der Waals surface area contributed by atoms with Gasteiger partial charge in [-0.25, -0.2) is 0 Å². The van der Waals surface area contributed by atoms with Gasteiger partial charge in [0.05, 0.1) is 12.8 Å². The van der Waals surface area contributed by atoms with Gasteiger partial charge in [0, 0.05) is 16.8 Å². The molecule has 1 aromatic carbocycles. The Morgan fingerprint density at radius 1 is 1.28 bits per heavy atom. The van der Waals surface area contributed by atoms with Gasteiger partial charge in [0.25, 0.3) is 0 Å². The molecular formula is C14H14ClNO2. The molecule has 0 radical (unpaired) electrons. The van der Waals surface area contributed by atoms with Crippen LogP contribution in [0.5, 0.6) is 11.5 Å². The van der Waals surface area contributed by atoms with Crippen LogP contribution in [-0.2, 0) is 13.0 Å². The predicted octanol–water partition coefficient (Wildman–Crippen LogP) is 3.58. The van der Waals surface area contributed by atoms with E-state index in [1.165, 1.54) is 0 Å². The van der Waals surface area contributed by atoms with Crippen LogP contribution in [0, 0.1) is 0 Å². The molecule has 0 amide bonds. The summed E-state index contributed by atoms with van der Waals surface area (Å²) in [6.45, 7) is 1.96. The normalized spacial score (nSPS) is 10.4. The highest BCUT2D eigenvalue weighted by Gasteiger charge is 2.06. The first kappa shape index (κ1) is 12.9. The van der Waals surface area contributed by atoms with E-state index in [0.717, 1.165) is 17.0 Å². The summed E-state index contributed by atoms with van der Waals surface area (Å²) in [5.74, 6) is 1.25. The molecule has 0 bridgehead atoms. The highest BCUT2D eigenvalue weighted by atomic mass is 35.5. The van der Waals surface area contributed by atoms with Crippen LogP contribution in [-0.4, -0.2) is 10.1 Å². The van der Waals surface area contributed by atoms with Crippen LogP contribution in [0.3, 0.4) is 0 Å². The topological polar surface area (TPSA) is 42.4 Å². The first-order valence-corrected chi connectivity index (χ1v) is 6.12. The van der Waals surface area contributed by atoms with E-state index in [1.807, 2.05) is 19.1 Å². The Bertz CT molecular complexity index is 543. The first-order chi connectivity index (χ1) is 8.74. The van der Waals surface area contributed by atoms with Crippen molar-refractivity contribution in [3.05, 3.63) is 52.8 Å². The second kappa shape index (κ2) is 5.85. The number of aryl methyl sites for hydroxylation is 1. The molecule has 0 saturated heterocycles. The van der Waals surface area contributed by atoms with Crippen molar-refractivity contribution in [1.29, 1.82) is 0 Å². The van der Waals surface area contributed by atoms with Crippen molar-refractivity contribution >= 4 is 11.6 Å². The minimum Gasteiger partial charge on any atom is -0.455 e. The second-order valence-electron chi connectivity index (χ2n) is 3.85. The third-order valence-corrected chi connectivity index (χ3v) is 3.04. The minimum atomic E-state index is -0.0773. The van der Waals surface area contributed by atoms with Gasteiger partial charge in [0.1, 0.15) is 5.75 Å². The van der Waals surface area contributed by atoms with Crippen LogP contribution < -0.4 is 4.74 Å². The van der Waals surface area contributed by atoms with Crippen LogP contribution in [0.25, 0.3) is 0 Å². The first-order valence-electron chi connectivity index (χ1n) is 5.74. The van der Waals surface area contributed by atoms with Crippen LogP contribution >= 0.6 is 11.6 Å². The third kappa shape index (κ3) is 2.81. The lowest BCUT2D eigenvalue weighted by molar-refractivity contribution is 0.276. The molecule has 2 aromatic rings. The summed E-state index contributed by atoms with van der Waals surface area (Å²) >= 11 is 6.05. The number of aliphatic hydroxyl groups excluding tert-OH is 1. The lowest BCUT2D eigenvalue weighted by Gasteiger charge is -2.10. The number of hydrogen-bond donors (Lipinski definition) is 1. The summed E-state index contributed by atoms with van der Waals surface area (Å²) in [5, 5.41) is 9.95. The summed E-state index contributed by atoms with van der Waals surface area (Å²) in [6.07, 6.45) is 4.06. The minimum absolute atomic E-state index is 0.0773. The van der Waals surface area contributed by atoms with Crippen molar-refractivity contribution in [1.82, 2.24) is 4.98 Å². The Hall–Kier alpha value is -1.58. The lowest BCUT2D eigenvalue weighted by Crippen LogP contribution is -1.93. The maximum absolute atomic E-state index is 9.21. The van der Waals surface area contributed by atoms with Gasteiger partial charge in [-0.3, -0.25) is 4.98 Å². The molecule has 18 heavy (non-hydrogen) atoms. The Morgan fingerprint density at radius 2 is 2.11 bits per heavy atom. The van der Waals surface area contributed by atoms with E-state index >= 15 is 0 Å². The molecule has 3 nitrogen and oxygen atoms in total. The molecule has 4 heteroatoms. The fourth-order valence-corrected chi connectivity index (χ4v) is 1.89. The molecule has 0 aliphatic heterocycles. The van der Waals surface area contributed by atoms with E-state index in [1.54, 1.807) is 24.5 Å². The Labute approximate surface area is 111 Å². The van der Waals surface area contributed by atoms with E-state index in [9.17, 15) is 5.11 Å². The number of rotatable bonds is 4. The molecular weight excluding hydrogens is 250 g/mol. The average Bonchev–Trinajstić information content (AvgIpc) is 2.41. The fraction of sp³-hybridized carbons (Fsp3) is 0.214. The molecule has 2 rings (SSSR count). The summed E-state index contributed by atoms with van der Waals surface area (Å²) in [7, 11) is 0. The van der Waals surface area contributed by atoms with Crippen molar-refractivity contribution < 1.29 is 9.84 Å². The van der Waals surface area contributed by atoms with Crippen LogP contribution in [0.15, 0.2) is 36.7 Å². The molecule has 1 N–H and O–H groups in total. The van der Waals surface area contributed by atoms with E-state index in [4.69, 9.17) is 16.3 Å². The number of nitrogens with zero attached hydrogens (tertiary/aromatic N) is 1.